The molecule has 1 saturated carbocycles. The highest BCUT2D eigenvalue weighted by Crippen LogP contribution is 2.51. The number of aliphatic hydroxyl groups is 1. The van der Waals surface area contributed by atoms with Gasteiger partial charge in [0.25, 0.3) is 5.91 Å². The number of para-hydroxylation sites is 1. The van der Waals surface area contributed by atoms with Gasteiger partial charge in [0.15, 0.2) is 6.61 Å². The highest BCUT2D eigenvalue weighted by atomic mass is 16.5. The first-order valence-electron chi connectivity index (χ1n) is 11.6. The summed E-state index contributed by atoms with van der Waals surface area (Å²) in [5, 5.41) is 11.7. The van der Waals surface area contributed by atoms with Gasteiger partial charge in [0.05, 0.1) is 5.60 Å². The van der Waals surface area contributed by atoms with Crippen molar-refractivity contribution in [3.05, 3.63) is 42.0 Å². The van der Waals surface area contributed by atoms with Gasteiger partial charge >= 0.3 is 5.97 Å². The summed E-state index contributed by atoms with van der Waals surface area (Å²) >= 11 is 0. The Kier molecular flexibility index (Phi) is 7.65. The lowest BCUT2D eigenvalue weighted by Gasteiger charge is -2.53. The van der Waals surface area contributed by atoms with E-state index in [1.807, 2.05) is 44.3 Å². The molecule has 0 unspecified atom stereocenters. The number of nitrogens with zero attached hydrogens (tertiary/aromatic N) is 1. The molecule has 32 heavy (non-hydrogen) atoms. The fourth-order valence-corrected chi connectivity index (χ4v) is 5.44. The van der Waals surface area contributed by atoms with Crippen molar-refractivity contribution >= 4 is 11.9 Å². The molecule has 1 amide bonds. The van der Waals surface area contributed by atoms with Crippen LogP contribution in [0.5, 0.6) is 5.75 Å². The molecule has 2 aliphatic rings. The van der Waals surface area contributed by atoms with Crippen LogP contribution in [0, 0.1) is 23.7 Å². The van der Waals surface area contributed by atoms with E-state index in [4.69, 9.17) is 9.47 Å². The summed E-state index contributed by atoms with van der Waals surface area (Å²) in [5.74, 6) is 0.850. The lowest BCUT2D eigenvalue weighted by Crippen LogP contribution is -2.56. The molecule has 3 rings (SSSR count). The van der Waals surface area contributed by atoms with Crippen LogP contribution in [0.1, 0.15) is 47.0 Å². The second-order valence-electron chi connectivity index (χ2n) is 9.73. The summed E-state index contributed by atoms with van der Waals surface area (Å²) < 4.78 is 11.1. The summed E-state index contributed by atoms with van der Waals surface area (Å²) in [6, 6.07) is 9.33. The number of benzene rings is 1. The van der Waals surface area contributed by atoms with Crippen LogP contribution in [-0.2, 0) is 14.3 Å². The van der Waals surface area contributed by atoms with Crippen LogP contribution in [0.4, 0.5) is 0 Å². The third kappa shape index (κ3) is 5.34. The molecule has 1 N–H and O–H groups in total. The van der Waals surface area contributed by atoms with Crippen LogP contribution in [0.3, 0.4) is 0 Å². The van der Waals surface area contributed by atoms with Crippen molar-refractivity contribution in [2.75, 3.05) is 20.2 Å². The predicted octanol–water partition coefficient (Wildman–Crippen LogP) is 3.84. The molecular formula is C26H37NO5. The number of hydrogen-bond donors (Lipinski definition) is 1. The van der Waals surface area contributed by atoms with Crippen molar-refractivity contribution in [1.29, 1.82) is 0 Å². The Balaban J connectivity index is 1.66. The lowest BCUT2D eigenvalue weighted by molar-refractivity contribution is -0.159. The Morgan fingerprint density at radius 2 is 1.94 bits per heavy atom. The Hall–Kier alpha value is -2.34. The van der Waals surface area contributed by atoms with Crippen LogP contribution >= 0.6 is 0 Å². The Morgan fingerprint density at radius 1 is 1.25 bits per heavy atom. The van der Waals surface area contributed by atoms with Crippen molar-refractivity contribution in [2.45, 2.75) is 58.7 Å². The maximum absolute atomic E-state index is 12.6. The maximum atomic E-state index is 12.6. The number of likely N-dealkylation sites (N-methyl/N-ethyl adjacent to an activating group) is 1. The summed E-state index contributed by atoms with van der Waals surface area (Å²) in [6.45, 7) is 8.24. The van der Waals surface area contributed by atoms with E-state index in [1.54, 1.807) is 4.90 Å². The molecule has 6 heteroatoms. The Bertz CT molecular complexity index is 838. The van der Waals surface area contributed by atoms with Gasteiger partial charge in [-0.2, -0.15) is 0 Å². The molecule has 6 nitrogen and oxygen atoms in total. The highest BCUT2D eigenvalue weighted by Gasteiger charge is 2.52. The first kappa shape index (κ1) is 24.3. The smallest absolute Gasteiger partial charge is 0.303 e. The molecule has 1 fully saturated rings. The maximum Gasteiger partial charge on any atom is 0.303 e. The molecule has 0 spiro atoms. The van der Waals surface area contributed by atoms with Gasteiger partial charge in [0.2, 0.25) is 0 Å². The molecule has 0 aliphatic heterocycles. The van der Waals surface area contributed by atoms with Crippen molar-refractivity contribution in [3.63, 3.8) is 0 Å². The van der Waals surface area contributed by atoms with Gasteiger partial charge in [-0.25, -0.2) is 0 Å². The minimum absolute atomic E-state index is 0.00533. The fourth-order valence-electron chi connectivity index (χ4n) is 5.44. The van der Waals surface area contributed by atoms with Crippen LogP contribution < -0.4 is 4.74 Å². The molecule has 0 heterocycles. The van der Waals surface area contributed by atoms with Gasteiger partial charge in [-0.05, 0) is 55.2 Å². The third-order valence-corrected chi connectivity index (χ3v) is 7.42. The molecule has 1 aromatic rings. The highest BCUT2D eigenvalue weighted by molar-refractivity contribution is 5.77. The third-order valence-electron chi connectivity index (χ3n) is 7.42. The standard InChI is InChI=1S/C26H37NO5/c1-17-13-23-22(12-11-19(3)26(23,30)14-24(17)32-20(4)28)18(2)15-27(5)25(29)16-31-21-9-7-6-8-10-21/h6-10,13,18-19,22-24,30H,11-12,14-16H2,1-5H3/t18-,19-,22+,23-,24-,26-/m1/s1. The zero-order valence-corrected chi connectivity index (χ0v) is 19.9. The summed E-state index contributed by atoms with van der Waals surface area (Å²) in [7, 11) is 1.81. The summed E-state index contributed by atoms with van der Waals surface area (Å²) in [5.41, 5.74) is 0.0948. The fraction of sp³-hybridized carbons (Fsp3) is 0.615. The monoisotopic (exact) mass is 443 g/mol. The first-order chi connectivity index (χ1) is 15.1. The van der Waals surface area contributed by atoms with Gasteiger partial charge in [-0.3, -0.25) is 9.59 Å². The average Bonchev–Trinajstić information content (AvgIpc) is 2.74. The number of carbonyl (C=O) groups is 2. The number of carbonyl (C=O) groups excluding carboxylic acids is 2. The normalized spacial score (nSPS) is 30.5. The van der Waals surface area contributed by atoms with E-state index in [9.17, 15) is 14.7 Å². The van der Waals surface area contributed by atoms with Crippen LogP contribution in [0.25, 0.3) is 0 Å². The van der Waals surface area contributed by atoms with Gasteiger partial charge in [-0.1, -0.05) is 38.1 Å². The molecule has 6 atom stereocenters. The zero-order chi connectivity index (χ0) is 23.5. The van der Waals surface area contributed by atoms with Crippen molar-refractivity contribution in [2.24, 2.45) is 23.7 Å². The van der Waals surface area contributed by atoms with E-state index in [0.29, 0.717) is 18.7 Å². The number of hydrogen-bond acceptors (Lipinski definition) is 5. The number of ether oxygens (including phenoxy) is 2. The second-order valence-corrected chi connectivity index (χ2v) is 9.73. The van der Waals surface area contributed by atoms with Crippen molar-refractivity contribution < 1.29 is 24.2 Å². The van der Waals surface area contributed by atoms with E-state index in [2.05, 4.69) is 19.9 Å². The molecule has 2 aliphatic carbocycles. The quantitative estimate of drug-likeness (QED) is 0.512. The molecule has 0 aromatic heterocycles. The van der Waals surface area contributed by atoms with E-state index >= 15 is 0 Å². The van der Waals surface area contributed by atoms with Crippen molar-refractivity contribution in [1.82, 2.24) is 4.90 Å². The predicted molar refractivity (Wildman–Crippen MR) is 123 cm³/mol. The number of fused-ring (bicyclic) bond motifs is 1. The lowest BCUT2D eigenvalue weighted by atomic mass is 9.57. The molecule has 0 radical (unpaired) electrons. The minimum Gasteiger partial charge on any atom is -0.484 e. The molecule has 176 valence electrons. The Labute approximate surface area is 191 Å². The van der Waals surface area contributed by atoms with E-state index < -0.39 is 5.60 Å². The van der Waals surface area contributed by atoms with E-state index in [-0.39, 0.29) is 48.3 Å². The number of rotatable bonds is 7. The molecule has 0 bridgehead atoms. The number of esters is 1. The SMILES string of the molecule is CC(=O)O[C@@H]1C[C@@]2(O)[C@H](C)CC[C@@H]([C@H](C)CN(C)C(=O)COc3ccccc3)[C@H]2C=C1C. The van der Waals surface area contributed by atoms with Crippen LogP contribution in [-0.4, -0.2) is 53.8 Å². The minimum atomic E-state index is -0.907. The topological polar surface area (TPSA) is 76.1 Å². The van der Waals surface area contributed by atoms with Gasteiger partial charge in [-0.15, -0.1) is 0 Å². The van der Waals surface area contributed by atoms with E-state index in [1.165, 1.54) is 6.92 Å². The van der Waals surface area contributed by atoms with E-state index in [0.717, 1.165) is 18.4 Å². The summed E-state index contributed by atoms with van der Waals surface area (Å²) in [4.78, 5) is 25.9. The second kappa shape index (κ2) is 10.1. The zero-order valence-electron chi connectivity index (χ0n) is 19.9. The first-order valence-corrected chi connectivity index (χ1v) is 11.6. The van der Waals surface area contributed by atoms with Gasteiger partial charge in [0, 0.05) is 32.9 Å². The molecular weight excluding hydrogens is 406 g/mol. The van der Waals surface area contributed by atoms with Gasteiger partial charge in [0.1, 0.15) is 11.9 Å². The largest absolute Gasteiger partial charge is 0.484 e. The van der Waals surface area contributed by atoms with Crippen molar-refractivity contribution in [3.8, 4) is 5.75 Å². The number of amides is 1. The van der Waals surface area contributed by atoms with Crippen LogP contribution in [0.15, 0.2) is 42.0 Å². The average molecular weight is 444 g/mol. The molecule has 1 aromatic carbocycles. The van der Waals surface area contributed by atoms with Gasteiger partial charge < -0.3 is 19.5 Å². The Morgan fingerprint density at radius 3 is 2.59 bits per heavy atom. The molecule has 0 saturated heterocycles. The van der Waals surface area contributed by atoms with Crippen LogP contribution in [0.2, 0.25) is 0 Å². The summed E-state index contributed by atoms with van der Waals surface area (Å²) in [6.07, 6.45) is 4.10.